The smallest absolute Gasteiger partial charge is 0.247 e. The van der Waals surface area contributed by atoms with Gasteiger partial charge in [-0.2, -0.15) is 14.5 Å². The molecule has 0 spiro atoms. The number of H-pyrrole nitrogens is 1. The normalized spacial score (nSPS) is 19.5. The van der Waals surface area contributed by atoms with Gasteiger partial charge in [0, 0.05) is 23.9 Å². The highest BCUT2D eigenvalue weighted by Gasteiger charge is 2.35. The molecule has 1 fully saturated rings. The molecule has 3 aromatic rings. The van der Waals surface area contributed by atoms with Gasteiger partial charge in [-0.15, -0.1) is 0 Å². The molecule has 10 nitrogen and oxygen atoms in total. The Kier molecular flexibility index (Phi) is 5.86. The Hall–Kier alpha value is -3.60. The zero-order valence-corrected chi connectivity index (χ0v) is 19.0. The lowest BCUT2D eigenvalue weighted by atomic mass is 10.1. The van der Waals surface area contributed by atoms with E-state index >= 15 is 0 Å². The average Bonchev–Trinajstić information content (AvgIpc) is 3.56. The number of halogens is 1. The number of nitrogens with zero attached hydrogens (tertiary/aromatic N) is 5. The first-order chi connectivity index (χ1) is 16.4. The quantitative estimate of drug-likeness (QED) is 0.407. The van der Waals surface area contributed by atoms with Crippen LogP contribution < -0.4 is 15.5 Å². The third-order valence-corrected chi connectivity index (χ3v) is 6.28. The van der Waals surface area contributed by atoms with E-state index in [0.717, 1.165) is 17.7 Å². The molecule has 0 radical (unpaired) electrons. The van der Waals surface area contributed by atoms with Gasteiger partial charge in [-0.3, -0.25) is 9.89 Å². The maximum absolute atomic E-state index is 13.1. The number of aromatic nitrogens is 5. The highest BCUT2D eigenvalue weighted by atomic mass is 19.1. The average molecular weight is 467 g/mol. The molecule has 0 saturated carbocycles. The summed E-state index contributed by atoms with van der Waals surface area (Å²) in [4.78, 5) is 27.9. The molecule has 178 valence electrons. The maximum atomic E-state index is 13.1. The Morgan fingerprint density at radius 3 is 2.88 bits per heavy atom. The van der Waals surface area contributed by atoms with Crippen molar-refractivity contribution in [3.05, 3.63) is 47.3 Å². The van der Waals surface area contributed by atoms with Gasteiger partial charge < -0.3 is 20.6 Å². The second kappa shape index (κ2) is 8.98. The Bertz CT molecular complexity index is 1200. The number of rotatable bonds is 6. The molecule has 2 atom stereocenters. The molecule has 1 amide bonds. The first-order valence-electron chi connectivity index (χ1n) is 11.5. The number of nitrogens with one attached hydrogen (secondary N) is 3. The Balaban J connectivity index is 1.42. The van der Waals surface area contributed by atoms with Gasteiger partial charge in [0.05, 0.1) is 23.7 Å². The number of pyridine rings is 1. The summed E-state index contributed by atoms with van der Waals surface area (Å²) in [7, 11) is 0. The summed E-state index contributed by atoms with van der Waals surface area (Å²) < 4.78 is 13.1. The van der Waals surface area contributed by atoms with Gasteiger partial charge in [0.15, 0.2) is 5.82 Å². The van der Waals surface area contributed by atoms with Gasteiger partial charge in [-0.25, -0.2) is 9.97 Å². The van der Waals surface area contributed by atoms with Crippen molar-refractivity contribution in [3.8, 4) is 0 Å². The number of hydrogen-bond donors (Lipinski definition) is 4. The summed E-state index contributed by atoms with van der Waals surface area (Å²) in [5, 5.41) is 24.0. The fraction of sp³-hybridized carbons (Fsp3) is 0.435. The number of hydrogen-bond acceptors (Lipinski definition) is 8. The second-order valence-electron chi connectivity index (χ2n) is 8.99. The Labute approximate surface area is 196 Å². The fourth-order valence-electron chi connectivity index (χ4n) is 4.43. The van der Waals surface area contributed by atoms with E-state index in [4.69, 9.17) is 4.98 Å². The molecule has 0 aromatic carbocycles. The van der Waals surface area contributed by atoms with Crippen molar-refractivity contribution in [2.45, 2.75) is 57.6 Å². The fourth-order valence-corrected chi connectivity index (χ4v) is 4.43. The van der Waals surface area contributed by atoms with Gasteiger partial charge in [-0.05, 0) is 43.7 Å². The van der Waals surface area contributed by atoms with Crippen molar-refractivity contribution in [1.82, 2.24) is 25.1 Å². The summed E-state index contributed by atoms with van der Waals surface area (Å²) in [5.41, 5.74) is 2.87. The van der Waals surface area contributed by atoms with Gasteiger partial charge in [0.25, 0.3) is 0 Å². The van der Waals surface area contributed by atoms with E-state index in [1.807, 2.05) is 11.0 Å². The number of aliphatic hydroxyl groups is 1. The van der Waals surface area contributed by atoms with Crippen LogP contribution in [0.5, 0.6) is 0 Å². The molecule has 4 heterocycles. The van der Waals surface area contributed by atoms with Crippen LogP contribution in [0.2, 0.25) is 0 Å². The molecule has 3 aromatic heterocycles. The van der Waals surface area contributed by atoms with Gasteiger partial charge in [0.2, 0.25) is 17.8 Å². The SMILES string of the molecule is CC(C)c1cc(Nc2nc(N3CCCC3C(=O)Nc3ccc(F)nc3)nc3c2CCC3O)n[nH]1. The lowest BCUT2D eigenvalue weighted by Gasteiger charge is -2.25. The number of aliphatic hydroxyl groups excluding tert-OH is 1. The monoisotopic (exact) mass is 466 g/mol. The van der Waals surface area contributed by atoms with E-state index in [-0.39, 0.29) is 5.91 Å². The molecule has 34 heavy (non-hydrogen) atoms. The van der Waals surface area contributed by atoms with Crippen molar-refractivity contribution in [2.24, 2.45) is 0 Å². The summed E-state index contributed by atoms with van der Waals surface area (Å²) in [6, 6.07) is 4.11. The van der Waals surface area contributed by atoms with Gasteiger partial charge in [-0.1, -0.05) is 13.8 Å². The van der Waals surface area contributed by atoms with E-state index in [0.29, 0.717) is 60.7 Å². The molecule has 1 aliphatic heterocycles. The van der Waals surface area contributed by atoms with Gasteiger partial charge >= 0.3 is 0 Å². The molecule has 2 aliphatic rings. The van der Waals surface area contributed by atoms with E-state index < -0.39 is 18.1 Å². The Morgan fingerprint density at radius 2 is 2.15 bits per heavy atom. The van der Waals surface area contributed by atoms with Crippen molar-refractivity contribution >= 4 is 29.2 Å². The summed E-state index contributed by atoms with van der Waals surface area (Å²) in [6.45, 7) is 4.76. The number of aromatic amines is 1. The van der Waals surface area contributed by atoms with Crippen LogP contribution in [0.25, 0.3) is 0 Å². The zero-order valence-electron chi connectivity index (χ0n) is 19.0. The van der Waals surface area contributed by atoms with Crippen LogP contribution in [-0.2, 0) is 11.2 Å². The molecule has 4 N–H and O–H groups in total. The highest BCUT2D eigenvalue weighted by Crippen LogP contribution is 2.37. The summed E-state index contributed by atoms with van der Waals surface area (Å²) in [5.74, 6) is 1.07. The van der Waals surface area contributed by atoms with Crippen molar-refractivity contribution < 1.29 is 14.3 Å². The largest absolute Gasteiger partial charge is 0.387 e. The second-order valence-corrected chi connectivity index (χ2v) is 8.99. The molecule has 11 heteroatoms. The lowest BCUT2D eigenvalue weighted by Crippen LogP contribution is -2.40. The number of carbonyl (C=O) groups excluding carboxylic acids is 1. The summed E-state index contributed by atoms with van der Waals surface area (Å²) >= 11 is 0. The van der Waals surface area contributed by atoms with E-state index in [1.165, 1.54) is 18.3 Å². The summed E-state index contributed by atoms with van der Waals surface area (Å²) in [6.07, 6.45) is 3.25. The maximum Gasteiger partial charge on any atom is 0.247 e. The van der Waals surface area contributed by atoms with Crippen LogP contribution in [-0.4, -0.2) is 48.7 Å². The third kappa shape index (κ3) is 4.30. The number of amides is 1. The zero-order chi connectivity index (χ0) is 23.8. The molecule has 5 rings (SSSR count). The third-order valence-electron chi connectivity index (χ3n) is 6.28. The number of anilines is 4. The van der Waals surface area contributed by atoms with Crippen LogP contribution >= 0.6 is 0 Å². The predicted molar refractivity (Wildman–Crippen MR) is 124 cm³/mol. The molecule has 1 saturated heterocycles. The van der Waals surface area contributed by atoms with Crippen molar-refractivity contribution in [3.63, 3.8) is 0 Å². The molecule has 2 unspecified atom stereocenters. The number of carbonyl (C=O) groups is 1. The van der Waals surface area contributed by atoms with Crippen molar-refractivity contribution in [2.75, 3.05) is 22.1 Å². The lowest BCUT2D eigenvalue weighted by molar-refractivity contribution is -0.117. The van der Waals surface area contributed by atoms with E-state index in [2.05, 4.69) is 44.6 Å². The first kappa shape index (κ1) is 22.2. The first-order valence-corrected chi connectivity index (χ1v) is 11.5. The Morgan fingerprint density at radius 1 is 1.29 bits per heavy atom. The van der Waals surface area contributed by atoms with Crippen LogP contribution in [0.3, 0.4) is 0 Å². The van der Waals surface area contributed by atoms with E-state index in [1.54, 1.807) is 0 Å². The molecular weight excluding hydrogens is 439 g/mol. The van der Waals surface area contributed by atoms with Crippen LogP contribution in [0.4, 0.5) is 27.7 Å². The van der Waals surface area contributed by atoms with Crippen molar-refractivity contribution in [1.29, 1.82) is 0 Å². The molecule has 0 bridgehead atoms. The minimum Gasteiger partial charge on any atom is -0.387 e. The standard InChI is InChI=1S/C23H27FN8O2/c1-12(2)15-10-19(31-30-15)27-21-14-6-7-17(33)20(14)28-23(29-21)32-9-3-4-16(32)22(34)26-13-5-8-18(24)25-11-13/h5,8,10-12,16-17,33H,3-4,6-7,9H2,1-2H3,(H,26,34)(H2,27,28,29,30,31). The number of fused-ring (bicyclic) bond motifs is 1. The minimum absolute atomic E-state index is 0.237. The van der Waals surface area contributed by atoms with Crippen LogP contribution in [0.1, 0.15) is 62.1 Å². The minimum atomic E-state index is -0.678. The van der Waals surface area contributed by atoms with Crippen LogP contribution in [0, 0.1) is 5.95 Å². The van der Waals surface area contributed by atoms with Crippen LogP contribution in [0.15, 0.2) is 24.4 Å². The topological polar surface area (TPSA) is 132 Å². The van der Waals surface area contributed by atoms with Gasteiger partial charge in [0.1, 0.15) is 11.9 Å². The molecule has 1 aliphatic carbocycles. The highest BCUT2D eigenvalue weighted by molar-refractivity contribution is 5.96. The predicted octanol–water partition coefficient (Wildman–Crippen LogP) is 3.19. The van der Waals surface area contributed by atoms with E-state index in [9.17, 15) is 14.3 Å². The molecular formula is C23H27FN8O2.